The molecule has 1 unspecified atom stereocenters. The Morgan fingerprint density at radius 3 is 2.58 bits per heavy atom. The van der Waals surface area contributed by atoms with Gasteiger partial charge in [-0.1, -0.05) is 65.4 Å². The zero-order chi connectivity index (χ0) is 21.8. The molecule has 4 aromatic rings. The van der Waals surface area contributed by atoms with Crippen LogP contribution in [0.15, 0.2) is 65.1 Å². The quantitative estimate of drug-likeness (QED) is 0.416. The fourth-order valence-corrected chi connectivity index (χ4v) is 4.83. The van der Waals surface area contributed by atoms with Crippen LogP contribution in [0.3, 0.4) is 0 Å². The van der Waals surface area contributed by atoms with Gasteiger partial charge in [-0.15, -0.1) is 16.4 Å². The number of aryl methyl sites for hydroxylation is 3. The number of carbonyl (C=O) groups excluding carboxylic acids is 1. The highest BCUT2D eigenvalue weighted by atomic mass is 32.2. The first-order valence-corrected chi connectivity index (χ1v) is 11.8. The number of tetrazole rings is 1. The lowest BCUT2D eigenvalue weighted by molar-refractivity contribution is -0.119. The Balaban J connectivity index is 1.47. The molecule has 0 bridgehead atoms. The molecular formula is C23H23N5OS2. The van der Waals surface area contributed by atoms with E-state index in [-0.39, 0.29) is 17.7 Å². The first kappa shape index (κ1) is 21.3. The normalized spacial score (nSPS) is 12.0. The van der Waals surface area contributed by atoms with Crippen LogP contribution in [0, 0.1) is 20.8 Å². The first-order valence-electron chi connectivity index (χ1n) is 9.89. The van der Waals surface area contributed by atoms with Gasteiger partial charge in [0.1, 0.15) is 0 Å². The number of thioether (sulfide) groups is 1. The Morgan fingerprint density at radius 2 is 1.87 bits per heavy atom. The molecule has 158 valence electrons. The molecule has 1 atom stereocenters. The maximum absolute atomic E-state index is 12.8. The van der Waals surface area contributed by atoms with E-state index in [9.17, 15) is 4.79 Å². The van der Waals surface area contributed by atoms with Crippen LogP contribution in [0.1, 0.15) is 33.2 Å². The summed E-state index contributed by atoms with van der Waals surface area (Å²) < 4.78 is 1.68. The van der Waals surface area contributed by atoms with Crippen molar-refractivity contribution in [2.75, 3.05) is 5.75 Å². The SMILES string of the molecule is Cc1ccc(C(NC(=O)CSc2nnnn2-c2ccc(C)cc2C)c2cccs2)cc1. The molecule has 6 nitrogen and oxygen atoms in total. The number of nitrogens with one attached hydrogen (secondary N) is 1. The van der Waals surface area contributed by atoms with Crippen LogP contribution in [0.4, 0.5) is 0 Å². The lowest BCUT2D eigenvalue weighted by Gasteiger charge is -2.18. The molecule has 4 rings (SSSR count). The number of benzene rings is 2. The van der Waals surface area contributed by atoms with E-state index in [4.69, 9.17) is 0 Å². The molecule has 0 aliphatic heterocycles. The average molecular weight is 450 g/mol. The third kappa shape index (κ3) is 5.03. The maximum atomic E-state index is 12.8. The number of hydrogen-bond acceptors (Lipinski definition) is 6. The Morgan fingerprint density at radius 1 is 1.10 bits per heavy atom. The molecule has 8 heteroatoms. The lowest BCUT2D eigenvalue weighted by Crippen LogP contribution is -2.30. The minimum atomic E-state index is -0.177. The molecule has 2 heterocycles. The van der Waals surface area contributed by atoms with Gasteiger partial charge in [0, 0.05) is 4.88 Å². The molecule has 31 heavy (non-hydrogen) atoms. The van der Waals surface area contributed by atoms with Crippen molar-refractivity contribution in [2.24, 2.45) is 0 Å². The minimum Gasteiger partial charge on any atom is -0.344 e. The van der Waals surface area contributed by atoms with E-state index in [1.165, 1.54) is 22.9 Å². The number of nitrogens with zero attached hydrogens (tertiary/aromatic N) is 4. The van der Waals surface area contributed by atoms with Crippen LogP contribution in [-0.2, 0) is 4.79 Å². The summed E-state index contributed by atoms with van der Waals surface area (Å²) in [4.78, 5) is 13.9. The highest BCUT2D eigenvalue weighted by Gasteiger charge is 2.19. The van der Waals surface area contributed by atoms with Gasteiger partial charge in [0.2, 0.25) is 11.1 Å². The number of amides is 1. The van der Waals surface area contributed by atoms with Crippen LogP contribution in [0.25, 0.3) is 5.69 Å². The summed E-state index contributed by atoms with van der Waals surface area (Å²) in [7, 11) is 0. The zero-order valence-corrected chi connectivity index (χ0v) is 19.2. The van der Waals surface area contributed by atoms with Crippen molar-refractivity contribution in [1.82, 2.24) is 25.5 Å². The van der Waals surface area contributed by atoms with Crippen molar-refractivity contribution in [3.8, 4) is 5.69 Å². The van der Waals surface area contributed by atoms with Crippen molar-refractivity contribution in [3.05, 3.63) is 87.1 Å². The van der Waals surface area contributed by atoms with Crippen LogP contribution < -0.4 is 5.32 Å². The summed E-state index contributed by atoms with van der Waals surface area (Å²) in [5, 5.41) is 17.8. The third-order valence-corrected chi connectivity index (χ3v) is 6.75. The van der Waals surface area contributed by atoms with E-state index >= 15 is 0 Å². The third-order valence-electron chi connectivity index (χ3n) is 4.90. The van der Waals surface area contributed by atoms with Crippen molar-refractivity contribution in [3.63, 3.8) is 0 Å². The summed E-state index contributed by atoms with van der Waals surface area (Å²) in [6.07, 6.45) is 0. The second-order valence-corrected chi connectivity index (χ2v) is 9.30. The van der Waals surface area contributed by atoms with Crippen LogP contribution >= 0.6 is 23.1 Å². The molecule has 0 fully saturated rings. The first-order chi connectivity index (χ1) is 15.0. The molecule has 2 aromatic carbocycles. The van der Waals surface area contributed by atoms with E-state index < -0.39 is 0 Å². The van der Waals surface area contributed by atoms with Gasteiger partial charge in [-0.25, -0.2) is 0 Å². The Bertz CT molecular complexity index is 1170. The van der Waals surface area contributed by atoms with Crippen molar-refractivity contribution >= 4 is 29.0 Å². The van der Waals surface area contributed by atoms with Gasteiger partial charge in [-0.2, -0.15) is 4.68 Å². The number of rotatable bonds is 7. The molecule has 0 aliphatic rings. The minimum absolute atomic E-state index is 0.0702. The number of thiophene rings is 1. The van der Waals surface area contributed by atoms with E-state index in [1.807, 2.05) is 36.6 Å². The highest BCUT2D eigenvalue weighted by Crippen LogP contribution is 2.27. The van der Waals surface area contributed by atoms with Crippen molar-refractivity contribution < 1.29 is 4.79 Å². The topological polar surface area (TPSA) is 72.7 Å². The van der Waals surface area contributed by atoms with Crippen LogP contribution in [0.2, 0.25) is 0 Å². The number of hydrogen-bond donors (Lipinski definition) is 1. The molecule has 1 N–H and O–H groups in total. The van der Waals surface area contributed by atoms with Crippen molar-refractivity contribution in [2.45, 2.75) is 32.0 Å². The standard InChI is InChI=1S/C23H23N5OS2/c1-15-6-9-18(10-7-15)22(20-5-4-12-30-20)24-21(29)14-31-23-25-26-27-28(23)19-11-8-16(2)13-17(19)3/h4-13,22H,14H2,1-3H3,(H,24,29). The highest BCUT2D eigenvalue weighted by molar-refractivity contribution is 7.99. The summed E-state index contributed by atoms with van der Waals surface area (Å²) in [5.74, 6) is 0.151. The summed E-state index contributed by atoms with van der Waals surface area (Å²) in [5.41, 5.74) is 5.42. The molecule has 0 saturated carbocycles. The molecule has 0 radical (unpaired) electrons. The molecular weight excluding hydrogens is 426 g/mol. The lowest BCUT2D eigenvalue weighted by atomic mass is 10.0. The molecule has 2 aromatic heterocycles. The van der Waals surface area contributed by atoms with Crippen LogP contribution in [0.5, 0.6) is 0 Å². The van der Waals surface area contributed by atoms with E-state index in [2.05, 4.69) is 65.0 Å². The molecule has 1 amide bonds. The monoisotopic (exact) mass is 449 g/mol. The Hall–Kier alpha value is -2.97. The maximum Gasteiger partial charge on any atom is 0.231 e. The van der Waals surface area contributed by atoms with Gasteiger partial charge in [0.25, 0.3) is 0 Å². The van der Waals surface area contributed by atoms with Gasteiger partial charge in [-0.3, -0.25) is 4.79 Å². The fourth-order valence-electron chi connectivity index (χ4n) is 3.33. The zero-order valence-electron chi connectivity index (χ0n) is 17.6. The van der Waals surface area contributed by atoms with Gasteiger partial charge >= 0.3 is 0 Å². The largest absolute Gasteiger partial charge is 0.344 e. The molecule has 0 aliphatic carbocycles. The Kier molecular flexibility index (Phi) is 6.48. The number of carbonyl (C=O) groups is 1. The molecule has 0 spiro atoms. The summed E-state index contributed by atoms with van der Waals surface area (Å²) in [6.45, 7) is 6.13. The summed E-state index contributed by atoms with van der Waals surface area (Å²) in [6, 6.07) is 18.2. The predicted molar refractivity (Wildman–Crippen MR) is 125 cm³/mol. The van der Waals surface area contributed by atoms with Gasteiger partial charge in [0.05, 0.1) is 17.5 Å². The number of aromatic nitrogens is 4. The summed E-state index contributed by atoms with van der Waals surface area (Å²) >= 11 is 2.96. The van der Waals surface area contributed by atoms with E-state index in [1.54, 1.807) is 16.0 Å². The average Bonchev–Trinajstić information content (AvgIpc) is 3.44. The smallest absolute Gasteiger partial charge is 0.231 e. The predicted octanol–water partition coefficient (Wildman–Crippen LogP) is 4.65. The van der Waals surface area contributed by atoms with Gasteiger partial charge < -0.3 is 5.32 Å². The van der Waals surface area contributed by atoms with E-state index in [0.717, 1.165) is 21.7 Å². The molecule has 0 saturated heterocycles. The van der Waals surface area contributed by atoms with Gasteiger partial charge in [-0.05, 0) is 59.8 Å². The van der Waals surface area contributed by atoms with Gasteiger partial charge in [0.15, 0.2) is 0 Å². The second kappa shape index (κ2) is 9.45. The second-order valence-electron chi connectivity index (χ2n) is 7.38. The van der Waals surface area contributed by atoms with E-state index in [0.29, 0.717) is 5.16 Å². The van der Waals surface area contributed by atoms with Crippen LogP contribution in [-0.4, -0.2) is 31.9 Å². The van der Waals surface area contributed by atoms with Crippen molar-refractivity contribution in [1.29, 1.82) is 0 Å². The fraction of sp³-hybridized carbons (Fsp3) is 0.217. The Labute approximate surface area is 189 Å².